The van der Waals surface area contributed by atoms with Gasteiger partial charge in [-0.2, -0.15) is 5.10 Å². The zero-order valence-corrected chi connectivity index (χ0v) is 17.9. The van der Waals surface area contributed by atoms with Gasteiger partial charge >= 0.3 is 0 Å². The number of nitrogens with one attached hydrogen (secondary N) is 1. The second-order valence-electron chi connectivity index (χ2n) is 7.65. The Balaban J connectivity index is 1.58. The van der Waals surface area contributed by atoms with Crippen LogP contribution in [0.5, 0.6) is 0 Å². The summed E-state index contributed by atoms with van der Waals surface area (Å²) in [7, 11) is 3.29. The average Bonchev–Trinajstić information content (AvgIpc) is 3.27. The van der Waals surface area contributed by atoms with Crippen molar-refractivity contribution in [2.24, 2.45) is 0 Å². The standard InChI is InChI=1S/C22H23ClN4O3/c1-13-19-17(30-21(13)22(29)24-10-18(28)26(2)3)9-6-15-12-27(25-20(15)19)11-14-4-7-16(23)8-5-14/h4-5,7-8,12H,6,9-11H2,1-3H3,(H,24,29). The van der Waals surface area contributed by atoms with Crippen LogP contribution in [0.4, 0.5) is 0 Å². The van der Waals surface area contributed by atoms with Crippen molar-refractivity contribution in [3.05, 3.63) is 63.7 Å². The summed E-state index contributed by atoms with van der Waals surface area (Å²) in [5, 5.41) is 8.11. The van der Waals surface area contributed by atoms with E-state index in [0.29, 0.717) is 18.0 Å². The summed E-state index contributed by atoms with van der Waals surface area (Å²) in [5.41, 5.74) is 4.73. The lowest BCUT2D eigenvalue weighted by molar-refractivity contribution is -0.127. The van der Waals surface area contributed by atoms with Crippen LogP contribution < -0.4 is 5.32 Å². The maximum absolute atomic E-state index is 12.6. The first-order valence-corrected chi connectivity index (χ1v) is 10.1. The topological polar surface area (TPSA) is 80.4 Å². The van der Waals surface area contributed by atoms with Crippen molar-refractivity contribution in [3.8, 4) is 11.3 Å². The highest BCUT2D eigenvalue weighted by atomic mass is 35.5. The second-order valence-corrected chi connectivity index (χ2v) is 8.09. The summed E-state index contributed by atoms with van der Waals surface area (Å²) < 4.78 is 7.80. The predicted molar refractivity (Wildman–Crippen MR) is 114 cm³/mol. The Labute approximate surface area is 179 Å². The van der Waals surface area contributed by atoms with Crippen molar-refractivity contribution in [2.75, 3.05) is 20.6 Å². The molecule has 0 bridgehead atoms. The number of aryl methyl sites for hydroxylation is 2. The fourth-order valence-electron chi connectivity index (χ4n) is 3.63. The SMILES string of the molecule is Cc1c(C(=O)NCC(=O)N(C)C)oc2c1-c1nn(Cc3ccc(Cl)cc3)cc1CC2. The molecule has 0 fully saturated rings. The van der Waals surface area contributed by atoms with Gasteiger partial charge in [0.2, 0.25) is 5.91 Å². The van der Waals surface area contributed by atoms with E-state index in [1.807, 2.05) is 35.9 Å². The second kappa shape index (κ2) is 7.99. The Kier molecular flexibility index (Phi) is 5.39. The molecular formula is C22H23ClN4O3. The highest BCUT2D eigenvalue weighted by Crippen LogP contribution is 2.38. The first-order chi connectivity index (χ1) is 14.3. The third-order valence-electron chi connectivity index (χ3n) is 5.28. The molecule has 30 heavy (non-hydrogen) atoms. The lowest BCUT2D eigenvalue weighted by Gasteiger charge is -2.10. The molecule has 1 N–H and O–H groups in total. The number of carbonyl (C=O) groups excluding carboxylic acids is 2. The van der Waals surface area contributed by atoms with Crippen LogP contribution in [-0.2, 0) is 24.2 Å². The number of nitrogens with zero attached hydrogens (tertiary/aromatic N) is 3. The largest absolute Gasteiger partial charge is 0.455 e. The number of carbonyl (C=O) groups is 2. The van der Waals surface area contributed by atoms with E-state index in [9.17, 15) is 9.59 Å². The fraction of sp³-hybridized carbons (Fsp3) is 0.318. The Hall–Kier alpha value is -3.06. The van der Waals surface area contributed by atoms with Gasteiger partial charge in [-0.15, -0.1) is 0 Å². The van der Waals surface area contributed by atoms with Gasteiger partial charge in [-0.1, -0.05) is 23.7 Å². The Bertz CT molecular complexity index is 1110. The molecule has 3 aromatic rings. The Morgan fingerprint density at radius 3 is 2.67 bits per heavy atom. The van der Waals surface area contributed by atoms with Crippen molar-refractivity contribution < 1.29 is 14.0 Å². The van der Waals surface area contributed by atoms with Gasteiger partial charge in [0.1, 0.15) is 5.76 Å². The summed E-state index contributed by atoms with van der Waals surface area (Å²) in [4.78, 5) is 25.8. The molecule has 0 unspecified atom stereocenters. The molecule has 0 saturated carbocycles. The molecule has 0 aliphatic heterocycles. The number of hydrogen-bond donors (Lipinski definition) is 1. The van der Waals surface area contributed by atoms with E-state index in [2.05, 4.69) is 11.5 Å². The molecule has 2 heterocycles. The maximum Gasteiger partial charge on any atom is 0.287 e. The van der Waals surface area contributed by atoms with Crippen LogP contribution in [0, 0.1) is 6.92 Å². The van der Waals surface area contributed by atoms with E-state index in [4.69, 9.17) is 21.1 Å². The van der Waals surface area contributed by atoms with Crippen molar-refractivity contribution in [3.63, 3.8) is 0 Å². The van der Waals surface area contributed by atoms with Gasteiger partial charge < -0.3 is 14.6 Å². The number of halogens is 1. The molecule has 7 nitrogen and oxygen atoms in total. The average molecular weight is 427 g/mol. The van der Waals surface area contributed by atoms with Crippen molar-refractivity contribution in [2.45, 2.75) is 26.3 Å². The molecule has 0 atom stereocenters. The zero-order chi connectivity index (χ0) is 21.4. The number of aromatic nitrogens is 2. The molecular weight excluding hydrogens is 404 g/mol. The van der Waals surface area contributed by atoms with Gasteiger partial charge in [0.25, 0.3) is 5.91 Å². The van der Waals surface area contributed by atoms with Crippen LogP contribution in [0.15, 0.2) is 34.9 Å². The van der Waals surface area contributed by atoms with Gasteiger partial charge in [0.05, 0.1) is 18.8 Å². The lowest BCUT2D eigenvalue weighted by atomic mass is 9.93. The third kappa shape index (κ3) is 3.85. The highest BCUT2D eigenvalue weighted by molar-refractivity contribution is 6.30. The number of rotatable bonds is 5. The van der Waals surface area contributed by atoms with Gasteiger partial charge in [-0.05, 0) is 36.6 Å². The zero-order valence-electron chi connectivity index (χ0n) is 17.2. The van der Waals surface area contributed by atoms with Crippen molar-refractivity contribution >= 4 is 23.4 Å². The van der Waals surface area contributed by atoms with E-state index in [1.165, 1.54) is 4.90 Å². The van der Waals surface area contributed by atoms with Crippen LogP contribution in [0.25, 0.3) is 11.3 Å². The molecule has 156 valence electrons. The quantitative estimate of drug-likeness (QED) is 0.679. The Morgan fingerprint density at radius 2 is 1.97 bits per heavy atom. The summed E-state index contributed by atoms with van der Waals surface area (Å²) in [5.74, 6) is 0.437. The van der Waals surface area contributed by atoms with Crippen LogP contribution in [0.3, 0.4) is 0 Å². The summed E-state index contributed by atoms with van der Waals surface area (Å²) in [6.45, 7) is 2.42. The molecule has 2 aromatic heterocycles. The Morgan fingerprint density at radius 1 is 1.23 bits per heavy atom. The fourth-order valence-corrected chi connectivity index (χ4v) is 3.76. The minimum absolute atomic E-state index is 0.0718. The van der Waals surface area contributed by atoms with Gasteiger partial charge in [-0.3, -0.25) is 14.3 Å². The molecule has 0 spiro atoms. The third-order valence-corrected chi connectivity index (χ3v) is 5.53. The molecule has 1 aliphatic carbocycles. The van der Waals surface area contributed by atoms with E-state index >= 15 is 0 Å². The van der Waals surface area contributed by atoms with Crippen molar-refractivity contribution in [1.82, 2.24) is 20.0 Å². The summed E-state index contributed by atoms with van der Waals surface area (Å²) >= 11 is 5.97. The van der Waals surface area contributed by atoms with Gasteiger partial charge in [0.15, 0.2) is 5.76 Å². The minimum Gasteiger partial charge on any atom is -0.455 e. The number of fused-ring (bicyclic) bond motifs is 3. The molecule has 4 rings (SSSR count). The molecule has 1 aliphatic rings. The van der Waals surface area contributed by atoms with Gasteiger partial charge in [-0.25, -0.2) is 0 Å². The summed E-state index contributed by atoms with van der Waals surface area (Å²) in [6.07, 6.45) is 3.56. The predicted octanol–water partition coefficient (Wildman–Crippen LogP) is 3.07. The van der Waals surface area contributed by atoms with E-state index in [0.717, 1.165) is 40.1 Å². The normalized spacial score (nSPS) is 12.3. The number of hydrogen-bond acceptors (Lipinski definition) is 4. The smallest absolute Gasteiger partial charge is 0.287 e. The maximum atomic E-state index is 12.6. The molecule has 2 amide bonds. The molecule has 0 saturated heterocycles. The van der Waals surface area contributed by atoms with E-state index in [1.54, 1.807) is 14.1 Å². The number of benzene rings is 1. The van der Waals surface area contributed by atoms with Crippen LogP contribution in [0.2, 0.25) is 5.02 Å². The van der Waals surface area contributed by atoms with Crippen LogP contribution in [-0.4, -0.2) is 47.1 Å². The highest BCUT2D eigenvalue weighted by Gasteiger charge is 2.29. The summed E-state index contributed by atoms with van der Waals surface area (Å²) in [6, 6.07) is 7.69. The molecule has 0 radical (unpaired) electrons. The first-order valence-electron chi connectivity index (χ1n) is 9.75. The van der Waals surface area contributed by atoms with E-state index < -0.39 is 0 Å². The number of likely N-dealkylation sites (N-methyl/N-ethyl adjacent to an activating group) is 1. The number of amides is 2. The molecule has 8 heteroatoms. The first kappa shape index (κ1) is 20.2. The van der Waals surface area contributed by atoms with Gasteiger partial charge in [0, 0.05) is 42.9 Å². The minimum atomic E-state index is -0.390. The monoisotopic (exact) mass is 426 g/mol. The lowest BCUT2D eigenvalue weighted by Crippen LogP contribution is -2.36. The van der Waals surface area contributed by atoms with Crippen LogP contribution in [0.1, 0.15) is 33.0 Å². The molecule has 1 aromatic carbocycles. The number of furan rings is 1. The van der Waals surface area contributed by atoms with Crippen molar-refractivity contribution in [1.29, 1.82) is 0 Å². The van der Waals surface area contributed by atoms with E-state index in [-0.39, 0.29) is 24.1 Å². The van der Waals surface area contributed by atoms with Crippen LogP contribution >= 0.6 is 11.6 Å².